The van der Waals surface area contributed by atoms with Gasteiger partial charge in [-0.15, -0.1) is 0 Å². The first-order valence-electron chi connectivity index (χ1n) is 9.95. The molecule has 2 aromatic carbocycles. The van der Waals surface area contributed by atoms with Crippen molar-refractivity contribution in [2.45, 2.75) is 40.2 Å². The third-order valence-electron chi connectivity index (χ3n) is 4.70. The molecular formula is C23H28N2O3S. The maximum atomic E-state index is 12.8. The lowest BCUT2D eigenvalue weighted by atomic mass is 10.1. The number of benzene rings is 2. The zero-order valence-electron chi connectivity index (χ0n) is 17.5. The van der Waals surface area contributed by atoms with Crippen LogP contribution in [0.5, 0.6) is 5.75 Å². The monoisotopic (exact) mass is 412 g/mol. The molecule has 0 aliphatic heterocycles. The van der Waals surface area contributed by atoms with Crippen molar-refractivity contribution in [3.8, 4) is 5.75 Å². The summed E-state index contributed by atoms with van der Waals surface area (Å²) in [7, 11) is 1.68. The number of carbonyl (C=O) groups is 1. The van der Waals surface area contributed by atoms with Crippen LogP contribution in [0.25, 0.3) is 10.2 Å². The van der Waals surface area contributed by atoms with Crippen molar-refractivity contribution >= 4 is 27.5 Å². The lowest BCUT2D eigenvalue weighted by Gasteiger charge is -2.07. The molecule has 0 atom stereocenters. The van der Waals surface area contributed by atoms with Gasteiger partial charge < -0.3 is 14.0 Å². The number of fused-ring (bicyclic) bond motifs is 1. The van der Waals surface area contributed by atoms with Crippen LogP contribution in [0.15, 0.2) is 41.4 Å². The molecule has 1 heterocycles. The summed E-state index contributed by atoms with van der Waals surface area (Å²) in [6, 6.07) is 11.5. The SMILES string of the molecule is CCCCOc1ccc(C(=O)N=c2sc3cc(C)cc(C)c3n2CCOC)cc1. The third-order valence-corrected chi connectivity index (χ3v) is 5.72. The van der Waals surface area contributed by atoms with Crippen molar-refractivity contribution in [1.82, 2.24) is 4.57 Å². The Bertz CT molecular complexity index is 1050. The summed E-state index contributed by atoms with van der Waals surface area (Å²) >= 11 is 1.54. The number of thiazole rings is 1. The van der Waals surface area contributed by atoms with Gasteiger partial charge in [-0.3, -0.25) is 4.79 Å². The number of methoxy groups -OCH3 is 1. The molecule has 0 N–H and O–H groups in total. The highest BCUT2D eigenvalue weighted by Crippen LogP contribution is 2.23. The number of ether oxygens (including phenoxy) is 2. The van der Waals surface area contributed by atoms with Gasteiger partial charge in [-0.05, 0) is 61.7 Å². The van der Waals surface area contributed by atoms with Gasteiger partial charge in [-0.2, -0.15) is 4.99 Å². The topological polar surface area (TPSA) is 52.8 Å². The molecule has 6 heteroatoms. The van der Waals surface area contributed by atoms with E-state index in [2.05, 4.69) is 42.5 Å². The zero-order chi connectivity index (χ0) is 20.8. The average molecular weight is 413 g/mol. The predicted octanol–water partition coefficient (Wildman–Crippen LogP) is 4.89. The molecule has 29 heavy (non-hydrogen) atoms. The second kappa shape index (κ2) is 9.85. The highest BCUT2D eigenvalue weighted by Gasteiger charge is 2.12. The van der Waals surface area contributed by atoms with Gasteiger partial charge in [0.2, 0.25) is 0 Å². The molecule has 0 spiro atoms. The van der Waals surface area contributed by atoms with E-state index in [4.69, 9.17) is 9.47 Å². The van der Waals surface area contributed by atoms with E-state index < -0.39 is 0 Å². The Morgan fingerprint density at radius 2 is 1.90 bits per heavy atom. The summed E-state index contributed by atoms with van der Waals surface area (Å²) in [5, 5.41) is 0. The maximum absolute atomic E-state index is 12.8. The number of rotatable bonds is 8. The Morgan fingerprint density at radius 3 is 2.59 bits per heavy atom. The largest absolute Gasteiger partial charge is 0.494 e. The van der Waals surface area contributed by atoms with Gasteiger partial charge in [-0.1, -0.05) is 30.7 Å². The Kier molecular flexibility index (Phi) is 7.23. The molecule has 154 valence electrons. The minimum Gasteiger partial charge on any atom is -0.494 e. The number of aromatic nitrogens is 1. The average Bonchev–Trinajstić information content (AvgIpc) is 3.04. The molecule has 0 aliphatic rings. The normalized spacial score (nSPS) is 11.9. The van der Waals surface area contributed by atoms with Gasteiger partial charge in [0, 0.05) is 19.2 Å². The Labute approximate surface area is 175 Å². The van der Waals surface area contributed by atoms with E-state index in [1.165, 1.54) is 22.5 Å². The van der Waals surface area contributed by atoms with Crippen LogP contribution in [0, 0.1) is 13.8 Å². The van der Waals surface area contributed by atoms with Crippen molar-refractivity contribution in [3.63, 3.8) is 0 Å². The van der Waals surface area contributed by atoms with Crippen LogP contribution >= 0.6 is 11.3 Å². The fourth-order valence-electron chi connectivity index (χ4n) is 3.25. The fraction of sp³-hybridized carbons (Fsp3) is 0.391. The van der Waals surface area contributed by atoms with E-state index in [9.17, 15) is 4.79 Å². The first-order valence-corrected chi connectivity index (χ1v) is 10.8. The summed E-state index contributed by atoms with van der Waals surface area (Å²) in [6.07, 6.45) is 2.11. The second-order valence-corrected chi connectivity index (χ2v) is 8.11. The number of carbonyl (C=O) groups excluding carboxylic acids is 1. The first-order chi connectivity index (χ1) is 14.0. The quantitative estimate of drug-likeness (QED) is 0.495. The second-order valence-electron chi connectivity index (χ2n) is 7.10. The van der Waals surface area contributed by atoms with E-state index in [1.54, 1.807) is 19.2 Å². The standard InChI is InChI=1S/C23H28N2O3S/c1-5-6-12-28-19-9-7-18(8-10-19)22(26)24-23-25(11-13-27-4)21-17(3)14-16(2)15-20(21)29-23/h7-10,14-15H,5-6,11-13H2,1-4H3. The van der Waals surface area contributed by atoms with E-state index in [1.807, 2.05) is 12.1 Å². The molecule has 1 amide bonds. The van der Waals surface area contributed by atoms with Gasteiger partial charge in [0.15, 0.2) is 4.80 Å². The summed E-state index contributed by atoms with van der Waals surface area (Å²) in [5.41, 5.74) is 4.04. The highest BCUT2D eigenvalue weighted by atomic mass is 32.1. The third kappa shape index (κ3) is 5.14. The summed E-state index contributed by atoms with van der Waals surface area (Å²) in [6.45, 7) is 8.20. The van der Waals surface area contributed by atoms with Crippen molar-refractivity contribution in [2.24, 2.45) is 4.99 Å². The molecule has 0 bridgehead atoms. The summed E-state index contributed by atoms with van der Waals surface area (Å²) in [5.74, 6) is 0.523. The number of amides is 1. The number of hydrogen-bond donors (Lipinski definition) is 0. The predicted molar refractivity (Wildman–Crippen MR) is 118 cm³/mol. The van der Waals surface area contributed by atoms with Crippen molar-refractivity contribution in [3.05, 3.63) is 57.9 Å². The first kappa shape index (κ1) is 21.3. The van der Waals surface area contributed by atoms with E-state index in [-0.39, 0.29) is 5.91 Å². The molecule has 0 radical (unpaired) electrons. The number of nitrogens with zero attached hydrogens (tertiary/aromatic N) is 2. The van der Waals surface area contributed by atoms with Gasteiger partial charge in [0.05, 0.1) is 23.4 Å². The van der Waals surface area contributed by atoms with Gasteiger partial charge >= 0.3 is 0 Å². The zero-order valence-corrected chi connectivity index (χ0v) is 18.3. The molecule has 3 aromatic rings. The molecule has 0 aliphatic carbocycles. The van der Waals surface area contributed by atoms with Gasteiger partial charge in [0.1, 0.15) is 5.75 Å². The lowest BCUT2D eigenvalue weighted by Crippen LogP contribution is -2.19. The number of hydrogen-bond acceptors (Lipinski definition) is 4. The number of aryl methyl sites for hydroxylation is 2. The smallest absolute Gasteiger partial charge is 0.279 e. The van der Waals surface area contributed by atoms with Crippen LogP contribution in [0.4, 0.5) is 0 Å². The van der Waals surface area contributed by atoms with Gasteiger partial charge in [0.25, 0.3) is 5.91 Å². The Morgan fingerprint density at radius 1 is 1.14 bits per heavy atom. The van der Waals surface area contributed by atoms with E-state index >= 15 is 0 Å². The van der Waals surface area contributed by atoms with Crippen LogP contribution in [0.2, 0.25) is 0 Å². The maximum Gasteiger partial charge on any atom is 0.279 e. The van der Waals surface area contributed by atoms with Crippen LogP contribution in [0.3, 0.4) is 0 Å². The summed E-state index contributed by atoms with van der Waals surface area (Å²) < 4.78 is 14.1. The summed E-state index contributed by atoms with van der Waals surface area (Å²) in [4.78, 5) is 17.9. The fourth-order valence-corrected chi connectivity index (χ4v) is 4.48. The minimum atomic E-state index is -0.253. The van der Waals surface area contributed by atoms with Crippen molar-refractivity contribution < 1.29 is 14.3 Å². The van der Waals surface area contributed by atoms with Crippen LogP contribution in [-0.2, 0) is 11.3 Å². The minimum absolute atomic E-state index is 0.253. The molecule has 3 rings (SSSR count). The van der Waals surface area contributed by atoms with Crippen LogP contribution < -0.4 is 9.54 Å². The highest BCUT2D eigenvalue weighted by molar-refractivity contribution is 7.16. The van der Waals surface area contributed by atoms with Crippen molar-refractivity contribution in [2.75, 3.05) is 20.3 Å². The van der Waals surface area contributed by atoms with Crippen LogP contribution in [0.1, 0.15) is 41.3 Å². The molecule has 0 saturated carbocycles. The number of unbranched alkanes of at least 4 members (excludes halogenated alkanes) is 1. The van der Waals surface area contributed by atoms with Crippen LogP contribution in [-0.4, -0.2) is 30.8 Å². The Balaban J connectivity index is 1.94. The molecule has 5 nitrogen and oxygen atoms in total. The molecular weight excluding hydrogens is 384 g/mol. The van der Waals surface area contributed by atoms with E-state index in [0.717, 1.165) is 28.8 Å². The Hall–Kier alpha value is -2.44. The van der Waals surface area contributed by atoms with E-state index in [0.29, 0.717) is 30.1 Å². The molecule has 0 unspecified atom stereocenters. The van der Waals surface area contributed by atoms with Crippen molar-refractivity contribution in [1.29, 1.82) is 0 Å². The lowest BCUT2D eigenvalue weighted by molar-refractivity contribution is 0.0997. The molecule has 0 fully saturated rings. The van der Waals surface area contributed by atoms with Gasteiger partial charge in [-0.25, -0.2) is 0 Å². The molecule has 0 saturated heterocycles. The molecule has 1 aromatic heterocycles.